The number of pyridine rings is 1. The number of anilines is 2. The number of nitrogens with one attached hydrogen (secondary N) is 1. The summed E-state index contributed by atoms with van der Waals surface area (Å²) in [4.78, 5) is 39.9. The zero-order chi connectivity index (χ0) is 25.9. The molecule has 2 heterocycles. The number of benzene rings is 2. The predicted octanol–water partition coefficient (Wildman–Crippen LogP) is 2.48. The van der Waals surface area contributed by atoms with E-state index in [1.54, 1.807) is 6.07 Å². The molecule has 36 heavy (non-hydrogen) atoms. The average Bonchev–Trinajstić information content (AvgIpc) is 3.63. The van der Waals surface area contributed by atoms with E-state index in [0.717, 1.165) is 19.8 Å². The molecule has 4 aromatic rings. The van der Waals surface area contributed by atoms with E-state index in [1.165, 1.54) is 43.4 Å². The summed E-state index contributed by atoms with van der Waals surface area (Å²) in [6.45, 7) is 0. The van der Waals surface area contributed by atoms with Crippen LogP contribution < -0.4 is 27.3 Å². The van der Waals surface area contributed by atoms with E-state index in [4.69, 9.17) is 5.14 Å². The van der Waals surface area contributed by atoms with Crippen LogP contribution in [0, 0.1) is 5.82 Å². The number of hydrogen-bond acceptors (Lipinski definition) is 6. The number of rotatable bonds is 5. The lowest BCUT2D eigenvalue weighted by Gasteiger charge is -2.19. The Morgan fingerprint density at radius 2 is 1.78 bits per heavy atom. The smallest absolute Gasteiger partial charge is 0.337 e. The highest BCUT2D eigenvalue weighted by atomic mass is 79.9. The molecule has 0 unspecified atom stereocenters. The lowest BCUT2D eigenvalue weighted by atomic mass is 10.2. The summed E-state index contributed by atoms with van der Waals surface area (Å²) in [5, 5.41) is 8.06. The summed E-state index contributed by atoms with van der Waals surface area (Å²) in [5.74, 6) is -0.630. The van der Waals surface area contributed by atoms with Gasteiger partial charge in [0.25, 0.3) is 11.1 Å². The number of aromatic nitrogens is 3. The van der Waals surface area contributed by atoms with Crippen LogP contribution in [0.1, 0.15) is 18.9 Å². The van der Waals surface area contributed by atoms with Gasteiger partial charge in [0, 0.05) is 23.6 Å². The first kappa shape index (κ1) is 24.2. The molecule has 0 saturated heterocycles. The number of fused-ring (bicyclic) bond motifs is 1. The SMILES string of the molecule is Cn1c(=O)cc(Nc2ccc(Br)cc2F)c2c(=O)n(C3CC3)c(=O)n(-c3cccc(S(N)(=O)=O)c3)c21. The molecular formula is C23H19BrFN5O5S. The molecule has 0 aliphatic heterocycles. The molecule has 0 atom stereocenters. The van der Waals surface area contributed by atoms with Gasteiger partial charge in [-0.1, -0.05) is 22.0 Å². The van der Waals surface area contributed by atoms with Gasteiger partial charge in [0.1, 0.15) is 16.9 Å². The molecule has 2 aromatic carbocycles. The van der Waals surface area contributed by atoms with Crippen LogP contribution in [0.4, 0.5) is 15.8 Å². The van der Waals surface area contributed by atoms with Gasteiger partial charge in [0.15, 0.2) is 0 Å². The second-order valence-corrected chi connectivity index (χ2v) is 10.9. The van der Waals surface area contributed by atoms with Crippen molar-refractivity contribution >= 4 is 48.4 Å². The van der Waals surface area contributed by atoms with Crippen LogP contribution in [0.25, 0.3) is 16.7 Å². The van der Waals surface area contributed by atoms with Crippen molar-refractivity contribution in [1.29, 1.82) is 0 Å². The maximum atomic E-state index is 14.6. The fourth-order valence-corrected chi connectivity index (χ4v) is 4.97. The minimum absolute atomic E-state index is 0.00470. The van der Waals surface area contributed by atoms with Crippen molar-refractivity contribution in [3.63, 3.8) is 0 Å². The molecule has 1 fully saturated rings. The monoisotopic (exact) mass is 575 g/mol. The highest BCUT2D eigenvalue weighted by molar-refractivity contribution is 9.10. The summed E-state index contributed by atoms with van der Waals surface area (Å²) in [7, 11) is -2.72. The van der Waals surface area contributed by atoms with Gasteiger partial charge in [0.2, 0.25) is 10.0 Å². The Kier molecular flexibility index (Phi) is 5.73. The zero-order valence-electron chi connectivity index (χ0n) is 18.7. The van der Waals surface area contributed by atoms with Crippen LogP contribution in [-0.4, -0.2) is 22.1 Å². The molecule has 1 aliphatic carbocycles. The van der Waals surface area contributed by atoms with E-state index >= 15 is 0 Å². The van der Waals surface area contributed by atoms with Crippen LogP contribution in [0.15, 0.2) is 72.3 Å². The molecule has 1 saturated carbocycles. The highest BCUT2D eigenvalue weighted by Gasteiger charge is 2.31. The van der Waals surface area contributed by atoms with Gasteiger partial charge in [-0.3, -0.25) is 18.7 Å². The van der Waals surface area contributed by atoms with Gasteiger partial charge in [-0.2, -0.15) is 0 Å². The van der Waals surface area contributed by atoms with Crippen molar-refractivity contribution in [2.24, 2.45) is 12.2 Å². The Bertz CT molecular complexity index is 1860. The molecule has 10 nitrogen and oxygen atoms in total. The van der Waals surface area contributed by atoms with Crippen molar-refractivity contribution < 1.29 is 12.8 Å². The minimum Gasteiger partial charge on any atom is -0.352 e. The first-order valence-electron chi connectivity index (χ1n) is 10.7. The third kappa shape index (κ3) is 4.08. The van der Waals surface area contributed by atoms with E-state index < -0.39 is 32.6 Å². The molecule has 3 N–H and O–H groups in total. The Balaban J connectivity index is 1.91. The Morgan fingerprint density at radius 3 is 2.42 bits per heavy atom. The number of hydrogen-bond donors (Lipinski definition) is 2. The lowest BCUT2D eigenvalue weighted by molar-refractivity contribution is 0.597. The second-order valence-electron chi connectivity index (χ2n) is 8.47. The molecule has 1 aliphatic rings. The number of nitrogens with two attached hydrogens (primary N) is 1. The maximum absolute atomic E-state index is 14.6. The fraction of sp³-hybridized carbons (Fsp3) is 0.174. The van der Waals surface area contributed by atoms with Gasteiger partial charge in [-0.05, 0) is 49.2 Å². The van der Waals surface area contributed by atoms with E-state index in [9.17, 15) is 27.2 Å². The quantitative estimate of drug-likeness (QED) is 0.375. The molecule has 0 bridgehead atoms. The third-order valence-corrected chi connectivity index (χ3v) is 7.37. The van der Waals surface area contributed by atoms with E-state index in [-0.39, 0.29) is 39.0 Å². The molecule has 186 valence electrons. The van der Waals surface area contributed by atoms with E-state index in [1.807, 2.05) is 0 Å². The second kappa shape index (κ2) is 8.54. The Morgan fingerprint density at radius 1 is 1.06 bits per heavy atom. The van der Waals surface area contributed by atoms with Gasteiger partial charge in [-0.15, -0.1) is 0 Å². The van der Waals surface area contributed by atoms with Crippen LogP contribution >= 0.6 is 15.9 Å². The topological polar surface area (TPSA) is 138 Å². The number of halogens is 2. The van der Waals surface area contributed by atoms with Crippen LogP contribution in [0.3, 0.4) is 0 Å². The summed E-state index contributed by atoms with van der Waals surface area (Å²) >= 11 is 3.19. The van der Waals surface area contributed by atoms with Gasteiger partial charge in [-0.25, -0.2) is 27.3 Å². The summed E-state index contributed by atoms with van der Waals surface area (Å²) in [6.07, 6.45) is 1.21. The average molecular weight is 576 g/mol. The summed E-state index contributed by atoms with van der Waals surface area (Å²) in [6, 6.07) is 10.4. The number of nitrogens with zero attached hydrogens (tertiary/aromatic N) is 3. The summed E-state index contributed by atoms with van der Waals surface area (Å²) < 4.78 is 42.4. The van der Waals surface area contributed by atoms with Crippen LogP contribution in [-0.2, 0) is 17.1 Å². The Labute approximate surface area is 211 Å². The number of aryl methyl sites for hydroxylation is 1. The lowest BCUT2D eigenvalue weighted by Crippen LogP contribution is -2.41. The Hall–Kier alpha value is -3.55. The number of primary sulfonamides is 1. The van der Waals surface area contributed by atoms with E-state index in [2.05, 4.69) is 21.2 Å². The molecule has 13 heteroatoms. The third-order valence-electron chi connectivity index (χ3n) is 5.97. The van der Waals surface area contributed by atoms with Crippen molar-refractivity contribution in [2.45, 2.75) is 23.8 Å². The zero-order valence-corrected chi connectivity index (χ0v) is 21.1. The minimum atomic E-state index is -4.11. The van der Waals surface area contributed by atoms with Gasteiger partial charge >= 0.3 is 5.69 Å². The van der Waals surface area contributed by atoms with Crippen molar-refractivity contribution in [1.82, 2.24) is 13.7 Å². The van der Waals surface area contributed by atoms with Gasteiger partial charge < -0.3 is 5.32 Å². The standard InChI is InChI=1S/C23H19BrFN5O5S/c1-28-19(31)11-18(27-17-8-5-12(24)9-16(17)25)20-21(28)29(23(33)30(22(20)32)13-6-7-13)14-3-2-4-15(10-14)36(26,34)35/h2-5,8-11,13,27H,6-7H2,1H3,(H2,26,34,35). The molecule has 2 aromatic heterocycles. The largest absolute Gasteiger partial charge is 0.352 e. The van der Waals surface area contributed by atoms with Crippen LogP contribution in [0.5, 0.6) is 0 Å². The first-order chi connectivity index (χ1) is 17.0. The fourth-order valence-electron chi connectivity index (χ4n) is 4.08. The van der Waals surface area contributed by atoms with Crippen molar-refractivity contribution in [3.05, 3.63) is 90.0 Å². The molecular weight excluding hydrogens is 557 g/mol. The number of sulfonamides is 1. The molecule has 5 rings (SSSR count). The highest BCUT2D eigenvalue weighted by Crippen LogP contribution is 2.34. The van der Waals surface area contributed by atoms with Crippen molar-refractivity contribution in [3.8, 4) is 5.69 Å². The molecule has 0 radical (unpaired) electrons. The first-order valence-corrected chi connectivity index (χ1v) is 13.1. The predicted molar refractivity (Wildman–Crippen MR) is 136 cm³/mol. The van der Waals surface area contributed by atoms with Gasteiger partial charge in [0.05, 0.1) is 22.0 Å². The maximum Gasteiger partial charge on any atom is 0.337 e. The van der Waals surface area contributed by atoms with E-state index in [0.29, 0.717) is 17.3 Å². The van der Waals surface area contributed by atoms with Crippen LogP contribution in [0.2, 0.25) is 0 Å². The van der Waals surface area contributed by atoms with Crippen molar-refractivity contribution in [2.75, 3.05) is 5.32 Å². The normalized spacial score (nSPS) is 13.8. The molecule has 0 amide bonds. The molecule has 0 spiro atoms. The summed E-state index contributed by atoms with van der Waals surface area (Å²) in [5.41, 5.74) is -1.93.